The van der Waals surface area contributed by atoms with E-state index in [2.05, 4.69) is 30.3 Å². The quantitative estimate of drug-likeness (QED) is 0.614. The van der Waals surface area contributed by atoms with Gasteiger partial charge in [0.15, 0.2) is 5.15 Å². The van der Waals surface area contributed by atoms with Crippen LogP contribution in [0.5, 0.6) is 5.88 Å². The van der Waals surface area contributed by atoms with Crippen LogP contribution in [0, 0.1) is 0 Å². The molecule has 2 N–H and O–H groups in total. The predicted molar refractivity (Wildman–Crippen MR) is 110 cm³/mol. The summed E-state index contributed by atoms with van der Waals surface area (Å²) in [6.07, 6.45) is 2.85. The van der Waals surface area contributed by atoms with Crippen LogP contribution in [0.3, 0.4) is 0 Å². The summed E-state index contributed by atoms with van der Waals surface area (Å²) < 4.78 is 27.0. The average molecular weight is 436 g/mol. The summed E-state index contributed by atoms with van der Waals surface area (Å²) in [5.41, 5.74) is 1.22. The van der Waals surface area contributed by atoms with Gasteiger partial charge in [-0.1, -0.05) is 11.6 Å². The van der Waals surface area contributed by atoms with Gasteiger partial charge in [-0.2, -0.15) is 15.1 Å². The normalized spacial score (nSPS) is 22.9. The predicted octanol–water partition coefficient (Wildman–Crippen LogP) is 2.93. The summed E-state index contributed by atoms with van der Waals surface area (Å²) in [7, 11) is 0. The van der Waals surface area contributed by atoms with Gasteiger partial charge >= 0.3 is 0 Å². The van der Waals surface area contributed by atoms with Crippen LogP contribution in [0.2, 0.25) is 5.15 Å². The second-order valence-electron chi connectivity index (χ2n) is 7.58. The van der Waals surface area contributed by atoms with Crippen molar-refractivity contribution in [2.75, 3.05) is 38.2 Å². The van der Waals surface area contributed by atoms with Gasteiger partial charge < -0.3 is 19.8 Å². The van der Waals surface area contributed by atoms with Gasteiger partial charge in [0, 0.05) is 25.7 Å². The minimum Gasteiger partial charge on any atom is -0.477 e. The van der Waals surface area contributed by atoms with Crippen LogP contribution in [0.25, 0.3) is 11.0 Å². The van der Waals surface area contributed by atoms with Crippen LogP contribution in [-0.2, 0) is 4.74 Å². The molecule has 2 aliphatic heterocycles. The van der Waals surface area contributed by atoms with Crippen molar-refractivity contribution in [3.63, 3.8) is 0 Å². The molecule has 0 amide bonds. The number of hydrogen-bond acceptors (Lipinski definition) is 7. The minimum atomic E-state index is -0.923. The van der Waals surface area contributed by atoms with Gasteiger partial charge in [-0.3, -0.25) is 4.90 Å². The van der Waals surface area contributed by atoms with E-state index in [1.807, 2.05) is 13.0 Å². The van der Waals surface area contributed by atoms with E-state index in [1.165, 1.54) is 0 Å². The Balaban J connectivity index is 1.38. The van der Waals surface area contributed by atoms with Crippen LogP contribution >= 0.6 is 11.6 Å². The van der Waals surface area contributed by atoms with Gasteiger partial charge in [-0.25, -0.2) is 9.07 Å². The average Bonchev–Trinajstić information content (AvgIpc) is 3.27. The number of fused-ring (bicyclic) bond motifs is 1. The highest BCUT2D eigenvalue weighted by Gasteiger charge is 2.36. The van der Waals surface area contributed by atoms with E-state index >= 15 is 0 Å². The molecular formula is C19H23ClFN7O2. The Kier molecular flexibility index (Phi) is 5.21. The van der Waals surface area contributed by atoms with Crippen molar-refractivity contribution in [2.45, 2.75) is 31.6 Å². The third-order valence-corrected chi connectivity index (χ3v) is 5.91. The number of nitrogens with zero attached hydrogens (tertiary/aromatic N) is 5. The summed E-state index contributed by atoms with van der Waals surface area (Å²) >= 11 is 6.61. The fourth-order valence-electron chi connectivity index (χ4n) is 3.98. The largest absolute Gasteiger partial charge is 0.477 e. The number of aromatic amines is 1. The Morgan fingerprint density at radius 1 is 1.33 bits per heavy atom. The molecule has 2 fully saturated rings. The molecule has 0 bridgehead atoms. The number of alkyl halides is 1. The van der Waals surface area contributed by atoms with Crippen LogP contribution in [-0.4, -0.2) is 74.8 Å². The number of ether oxygens (including phenoxy) is 2. The summed E-state index contributed by atoms with van der Waals surface area (Å²) in [4.78, 5) is 14.1. The van der Waals surface area contributed by atoms with Crippen LogP contribution < -0.4 is 10.1 Å². The molecule has 0 saturated carbocycles. The summed E-state index contributed by atoms with van der Waals surface area (Å²) in [5, 5.41) is 8.74. The standard InChI is InChI=1S/C19H23ClFN7O2/c1-2-30-18-14-3-4-22-17(14)25-19(26-18)24-15-6-23-28(16(15)20)12-5-11(21)7-27(8-12)13-9-29-10-13/h3-4,6,11-13H,2,5,7-10H2,1H3,(H2,22,24,25,26)/t11-,12+/m0/s1. The molecule has 9 nitrogen and oxygen atoms in total. The van der Waals surface area contributed by atoms with E-state index in [-0.39, 0.29) is 12.1 Å². The summed E-state index contributed by atoms with van der Waals surface area (Å²) in [5.74, 6) is 0.829. The zero-order valence-corrected chi connectivity index (χ0v) is 17.3. The topological polar surface area (TPSA) is 93.1 Å². The van der Waals surface area contributed by atoms with Crippen molar-refractivity contribution < 1.29 is 13.9 Å². The van der Waals surface area contributed by atoms with E-state index in [0.29, 0.717) is 67.6 Å². The molecule has 11 heteroatoms. The molecule has 30 heavy (non-hydrogen) atoms. The number of H-pyrrole nitrogens is 1. The molecule has 5 heterocycles. The molecule has 2 aliphatic rings. The number of piperidine rings is 1. The van der Waals surface area contributed by atoms with Gasteiger partial charge in [-0.05, 0) is 13.0 Å². The molecule has 0 spiro atoms. The number of rotatable bonds is 6. The molecule has 0 aromatic carbocycles. The molecule has 0 aliphatic carbocycles. The lowest BCUT2D eigenvalue weighted by molar-refractivity contribution is -0.0855. The summed E-state index contributed by atoms with van der Waals surface area (Å²) in [6.45, 7) is 4.81. The number of likely N-dealkylation sites (tertiary alicyclic amines) is 1. The first-order chi connectivity index (χ1) is 14.6. The van der Waals surface area contributed by atoms with Crippen molar-refractivity contribution in [3.05, 3.63) is 23.6 Å². The summed E-state index contributed by atoms with van der Waals surface area (Å²) in [6, 6.07) is 1.99. The number of halogens is 2. The van der Waals surface area contributed by atoms with E-state index in [4.69, 9.17) is 21.1 Å². The molecule has 2 saturated heterocycles. The van der Waals surface area contributed by atoms with Gasteiger partial charge in [0.1, 0.15) is 11.8 Å². The Bertz CT molecular complexity index is 1040. The van der Waals surface area contributed by atoms with Gasteiger partial charge in [0.2, 0.25) is 11.8 Å². The van der Waals surface area contributed by atoms with E-state index in [9.17, 15) is 4.39 Å². The van der Waals surface area contributed by atoms with Crippen LogP contribution in [0.15, 0.2) is 18.5 Å². The fraction of sp³-hybridized carbons (Fsp3) is 0.526. The first kappa shape index (κ1) is 19.5. The van der Waals surface area contributed by atoms with Crippen LogP contribution in [0.1, 0.15) is 19.4 Å². The second kappa shape index (κ2) is 8.01. The highest BCUT2D eigenvalue weighted by molar-refractivity contribution is 6.32. The van der Waals surface area contributed by atoms with Crippen molar-refractivity contribution in [2.24, 2.45) is 0 Å². The lowest BCUT2D eigenvalue weighted by atomic mass is 10.0. The van der Waals surface area contributed by atoms with Crippen LogP contribution in [0.4, 0.5) is 16.0 Å². The number of hydrogen-bond donors (Lipinski definition) is 2. The highest BCUT2D eigenvalue weighted by atomic mass is 35.5. The maximum absolute atomic E-state index is 14.4. The number of nitrogens with one attached hydrogen (secondary N) is 2. The van der Waals surface area contributed by atoms with E-state index < -0.39 is 6.17 Å². The SMILES string of the molecule is CCOc1nc(Nc2cnn([C@@H]3C[C@H](F)CN(C4COC4)C3)c2Cl)nc2[nH]ccc12. The molecule has 3 aromatic heterocycles. The zero-order chi connectivity index (χ0) is 20.7. The Labute approximate surface area is 177 Å². The second-order valence-corrected chi connectivity index (χ2v) is 7.93. The fourth-order valence-corrected chi connectivity index (χ4v) is 4.25. The lowest BCUT2D eigenvalue weighted by Crippen LogP contribution is -2.55. The first-order valence-electron chi connectivity index (χ1n) is 10.1. The van der Waals surface area contributed by atoms with Gasteiger partial charge in [0.05, 0.1) is 49.2 Å². The monoisotopic (exact) mass is 435 g/mol. The molecule has 2 atom stereocenters. The van der Waals surface area contributed by atoms with Gasteiger partial charge in [-0.15, -0.1) is 0 Å². The third kappa shape index (κ3) is 3.59. The smallest absolute Gasteiger partial charge is 0.232 e. The maximum Gasteiger partial charge on any atom is 0.232 e. The number of aromatic nitrogens is 5. The highest BCUT2D eigenvalue weighted by Crippen LogP contribution is 2.33. The third-order valence-electron chi connectivity index (χ3n) is 5.53. The number of anilines is 2. The Hall–Kier alpha value is -2.43. The molecule has 3 aromatic rings. The molecule has 160 valence electrons. The Morgan fingerprint density at radius 2 is 2.20 bits per heavy atom. The van der Waals surface area contributed by atoms with E-state index in [1.54, 1.807) is 17.1 Å². The lowest BCUT2D eigenvalue weighted by Gasteiger charge is -2.43. The zero-order valence-electron chi connectivity index (χ0n) is 16.5. The molecular weight excluding hydrogens is 413 g/mol. The van der Waals surface area contributed by atoms with Gasteiger partial charge in [0.25, 0.3) is 0 Å². The molecule has 0 radical (unpaired) electrons. The van der Waals surface area contributed by atoms with Crippen molar-refractivity contribution in [1.29, 1.82) is 0 Å². The maximum atomic E-state index is 14.4. The van der Waals surface area contributed by atoms with Crippen molar-refractivity contribution in [3.8, 4) is 5.88 Å². The molecule has 5 rings (SSSR count). The Morgan fingerprint density at radius 3 is 2.97 bits per heavy atom. The van der Waals surface area contributed by atoms with Crippen molar-refractivity contribution >= 4 is 34.3 Å². The van der Waals surface area contributed by atoms with E-state index in [0.717, 1.165) is 5.39 Å². The molecule has 0 unspecified atom stereocenters. The minimum absolute atomic E-state index is 0.150. The van der Waals surface area contributed by atoms with Crippen molar-refractivity contribution in [1.82, 2.24) is 29.6 Å². The first-order valence-corrected chi connectivity index (χ1v) is 10.4.